The summed E-state index contributed by atoms with van der Waals surface area (Å²) in [6.45, 7) is 3.34. The average Bonchev–Trinajstić information content (AvgIpc) is 2.73. The van der Waals surface area contributed by atoms with Gasteiger partial charge in [0.1, 0.15) is 5.82 Å². The molecular weight excluding hydrogens is 382 g/mol. The van der Waals surface area contributed by atoms with E-state index < -0.39 is 5.92 Å². The molecule has 0 saturated carbocycles. The van der Waals surface area contributed by atoms with Gasteiger partial charge in [-0.2, -0.15) is 4.98 Å². The van der Waals surface area contributed by atoms with Gasteiger partial charge in [-0.05, 0) is 38.2 Å². The van der Waals surface area contributed by atoms with Crippen LogP contribution in [0.15, 0.2) is 35.1 Å². The van der Waals surface area contributed by atoms with Crippen molar-refractivity contribution < 1.29 is 9.59 Å². The van der Waals surface area contributed by atoms with Crippen LogP contribution in [0.5, 0.6) is 0 Å². The highest BCUT2D eigenvalue weighted by atomic mass is 16.2. The van der Waals surface area contributed by atoms with Crippen molar-refractivity contribution in [1.82, 2.24) is 15.3 Å². The fourth-order valence-corrected chi connectivity index (χ4v) is 4.23. The number of nitrogens with zero attached hydrogens (tertiary/aromatic N) is 2. The molecule has 1 fully saturated rings. The van der Waals surface area contributed by atoms with E-state index in [4.69, 9.17) is 0 Å². The molecular formula is C22H27N5O3. The molecule has 8 heteroatoms. The Morgan fingerprint density at radius 3 is 2.80 bits per heavy atom. The smallest absolute Gasteiger partial charge is 0.258 e. The SMILES string of the molecule is C[C@@H]1CCCCN1c1nc2c(c(=O)[nH]1)[C@H](C(=O)NCCc1ccccc1)CC(=O)N2. The summed E-state index contributed by atoms with van der Waals surface area (Å²) in [4.78, 5) is 47.4. The number of aromatic nitrogens is 2. The van der Waals surface area contributed by atoms with Crippen LogP contribution in [-0.2, 0) is 16.0 Å². The van der Waals surface area contributed by atoms with Gasteiger partial charge in [0.05, 0.1) is 11.5 Å². The van der Waals surface area contributed by atoms with Crippen LogP contribution in [-0.4, -0.2) is 40.9 Å². The first-order valence-corrected chi connectivity index (χ1v) is 10.6. The number of rotatable bonds is 5. The van der Waals surface area contributed by atoms with Crippen molar-refractivity contribution in [2.24, 2.45) is 0 Å². The van der Waals surface area contributed by atoms with E-state index in [-0.39, 0.29) is 41.2 Å². The first-order valence-electron chi connectivity index (χ1n) is 10.6. The van der Waals surface area contributed by atoms with Gasteiger partial charge in [-0.3, -0.25) is 19.4 Å². The number of nitrogens with one attached hydrogen (secondary N) is 3. The van der Waals surface area contributed by atoms with Crippen LogP contribution in [0.25, 0.3) is 0 Å². The number of benzene rings is 1. The van der Waals surface area contributed by atoms with Crippen LogP contribution in [0.3, 0.4) is 0 Å². The van der Waals surface area contributed by atoms with E-state index >= 15 is 0 Å². The Labute approximate surface area is 175 Å². The zero-order valence-corrected chi connectivity index (χ0v) is 17.1. The Balaban J connectivity index is 1.53. The van der Waals surface area contributed by atoms with Crippen molar-refractivity contribution in [2.75, 3.05) is 23.3 Å². The number of anilines is 2. The molecule has 2 aliphatic rings. The van der Waals surface area contributed by atoms with Gasteiger partial charge in [-0.15, -0.1) is 0 Å². The Morgan fingerprint density at radius 2 is 2.03 bits per heavy atom. The van der Waals surface area contributed by atoms with Crippen molar-refractivity contribution in [1.29, 1.82) is 0 Å². The standard InChI is InChI=1S/C22H27N5O3/c1-14-7-5-6-12-27(14)22-25-19-18(21(30)26-22)16(13-17(28)24-19)20(29)23-11-10-15-8-3-2-4-9-15/h2-4,8-9,14,16H,5-7,10-13H2,1H3,(H,23,29)(H2,24,25,26,28,30)/t14-,16-/m1/s1. The molecule has 0 bridgehead atoms. The maximum atomic E-state index is 12.9. The molecule has 4 rings (SSSR count). The number of carbonyl (C=O) groups excluding carboxylic acids is 2. The number of amides is 2. The summed E-state index contributed by atoms with van der Waals surface area (Å²) in [7, 11) is 0. The number of hydrogen-bond donors (Lipinski definition) is 3. The van der Waals surface area contributed by atoms with E-state index in [0.29, 0.717) is 18.9 Å². The third kappa shape index (κ3) is 4.22. The van der Waals surface area contributed by atoms with Gasteiger partial charge in [0.25, 0.3) is 5.56 Å². The molecule has 2 aromatic rings. The lowest BCUT2D eigenvalue weighted by atomic mass is 9.92. The highest BCUT2D eigenvalue weighted by molar-refractivity contribution is 6.00. The number of fused-ring (bicyclic) bond motifs is 1. The van der Waals surface area contributed by atoms with E-state index in [2.05, 4.69) is 32.4 Å². The molecule has 30 heavy (non-hydrogen) atoms. The number of piperidine rings is 1. The molecule has 1 saturated heterocycles. The van der Waals surface area contributed by atoms with E-state index in [1.807, 2.05) is 30.3 Å². The fourth-order valence-electron chi connectivity index (χ4n) is 4.23. The summed E-state index contributed by atoms with van der Waals surface area (Å²) in [5.41, 5.74) is 0.982. The molecule has 1 aromatic carbocycles. The minimum absolute atomic E-state index is 0.0611. The molecule has 0 aliphatic carbocycles. The topological polar surface area (TPSA) is 107 Å². The van der Waals surface area contributed by atoms with Gasteiger partial charge in [-0.25, -0.2) is 0 Å². The van der Waals surface area contributed by atoms with Crippen LogP contribution < -0.4 is 21.1 Å². The lowest BCUT2D eigenvalue weighted by molar-refractivity contribution is -0.126. The normalized spacial score (nSPS) is 21.0. The summed E-state index contributed by atoms with van der Waals surface area (Å²) in [5, 5.41) is 5.55. The van der Waals surface area contributed by atoms with Crippen LogP contribution in [0.2, 0.25) is 0 Å². The Bertz CT molecular complexity index is 988. The number of carbonyl (C=O) groups is 2. The zero-order valence-electron chi connectivity index (χ0n) is 17.1. The lowest BCUT2D eigenvalue weighted by Gasteiger charge is -2.34. The molecule has 0 radical (unpaired) electrons. The van der Waals surface area contributed by atoms with Crippen LogP contribution in [0.1, 0.15) is 49.7 Å². The second kappa shape index (κ2) is 8.69. The predicted octanol–water partition coefficient (Wildman–Crippen LogP) is 1.93. The van der Waals surface area contributed by atoms with Crippen molar-refractivity contribution >= 4 is 23.6 Å². The van der Waals surface area contributed by atoms with Gasteiger partial charge < -0.3 is 15.5 Å². The van der Waals surface area contributed by atoms with Crippen LogP contribution in [0.4, 0.5) is 11.8 Å². The quantitative estimate of drug-likeness (QED) is 0.700. The summed E-state index contributed by atoms with van der Waals surface area (Å²) in [5.74, 6) is -0.814. The molecule has 158 valence electrons. The molecule has 2 amide bonds. The maximum Gasteiger partial charge on any atom is 0.258 e. The first-order chi connectivity index (χ1) is 14.5. The molecule has 0 spiro atoms. The largest absolute Gasteiger partial charge is 0.355 e. The fraction of sp³-hybridized carbons (Fsp3) is 0.455. The number of H-pyrrole nitrogens is 1. The Hall–Kier alpha value is -3.16. The van der Waals surface area contributed by atoms with Gasteiger partial charge >= 0.3 is 0 Å². The monoisotopic (exact) mass is 409 g/mol. The molecule has 8 nitrogen and oxygen atoms in total. The predicted molar refractivity (Wildman–Crippen MR) is 115 cm³/mol. The molecule has 0 unspecified atom stereocenters. The number of aromatic amines is 1. The summed E-state index contributed by atoms with van der Waals surface area (Å²) < 4.78 is 0. The van der Waals surface area contributed by atoms with Crippen molar-refractivity contribution in [2.45, 2.75) is 51.0 Å². The summed E-state index contributed by atoms with van der Waals surface area (Å²) in [6.07, 6.45) is 3.82. The Morgan fingerprint density at radius 1 is 1.23 bits per heavy atom. The minimum Gasteiger partial charge on any atom is -0.355 e. The van der Waals surface area contributed by atoms with Gasteiger partial charge in [0.2, 0.25) is 17.8 Å². The van der Waals surface area contributed by atoms with Crippen LogP contribution >= 0.6 is 0 Å². The highest BCUT2D eigenvalue weighted by Crippen LogP contribution is 2.30. The molecule has 3 N–H and O–H groups in total. The van der Waals surface area contributed by atoms with E-state index in [0.717, 1.165) is 31.4 Å². The van der Waals surface area contributed by atoms with Crippen molar-refractivity contribution in [3.05, 3.63) is 51.8 Å². The van der Waals surface area contributed by atoms with E-state index in [9.17, 15) is 14.4 Å². The third-order valence-corrected chi connectivity index (χ3v) is 5.89. The molecule has 3 heterocycles. The van der Waals surface area contributed by atoms with E-state index in [1.54, 1.807) is 0 Å². The van der Waals surface area contributed by atoms with Gasteiger partial charge in [-0.1, -0.05) is 30.3 Å². The molecule has 2 atom stereocenters. The third-order valence-electron chi connectivity index (χ3n) is 5.89. The second-order valence-electron chi connectivity index (χ2n) is 8.02. The van der Waals surface area contributed by atoms with Crippen molar-refractivity contribution in [3.8, 4) is 0 Å². The summed E-state index contributed by atoms with van der Waals surface area (Å²) >= 11 is 0. The van der Waals surface area contributed by atoms with E-state index in [1.165, 1.54) is 0 Å². The van der Waals surface area contributed by atoms with Crippen molar-refractivity contribution in [3.63, 3.8) is 0 Å². The average molecular weight is 409 g/mol. The van der Waals surface area contributed by atoms with Crippen LogP contribution in [0, 0.1) is 0 Å². The zero-order chi connectivity index (χ0) is 21.1. The maximum absolute atomic E-state index is 12.9. The second-order valence-corrected chi connectivity index (χ2v) is 8.02. The lowest BCUT2D eigenvalue weighted by Crippen LogP contribution is -2.42. The highest BCUT2D eigenvalue weighted by Gasteiger charge is 2.35. The summed E-state index contributed by atoms with van der Waals surface area (Å²) in [6, 6.07) is 10.1. The number of hydrogen-bond acceptors (Lipinski definition) is 5. The Kier molecular flexibility index (Phi) is 5.83. The molecule has 1 aromatic heterocycles. The van der Waals surface area contributed by atoms with Gasteiger partial charge in [0.15, 0.2) is 0 Å². The van der Waals surface area contributed by atoms with Gasteiger partial charge in [0, 0.05) is 25.6 Å². The minimum atomic E-state index is -0.839. The first kappa shape index (κ1) is 20.1. The molecule has 2 aliphatic heterocycles.